The summed E-state index contributed by atoms with van der Waals surface area (Å²) < 4.78 is 0. The van der Waals surface area contributed by atoms with Gasteiger partial charge in [0.25, 0.3) is 0 Å². The van der Waals surface area contributed by atoms with Crippen molar-refractivity contribution in [3.63, 3.8) is 0 Å². The average Bonchev–Trinajstić information content (AvgIpc) is 3.07. The van der Waals surface area contributed by atoms with E-state index in [2.05, 4.69) is 16.7 Å². The minimum atomic E-state index is -1.11. The zero-order valence-corrected chi connectivity index (χ0v) is 25.6. The highest BCUT2D eigenvalue weighted by atomic mass is 16.4. The Bertz CT molecular complexity index is 1610. The third kappa shape index (κ3) is 8.59. The average molecular weight is 621 g/mol. The molecule has 5 rings (SSSR count). The van der Waals surface area contributed by atoms with E-state index in [1.807, 2.05) is 78.9 Å². The lowest BCUT2D eigenvalue weighted by molar-refractivity contribution is -0.142. The van der Waals surface area contributed by atoms with E-state index in [9.17, 15) is 24.6 Å². The Kier molecular flexibility index (Phi) is 10.8. The molecule has 0 saturated carbocycles. The lowest BCUT2D eigenvalue weighted by Crippen LogP contribution is -2.57. The molecule has 0 spiro atoms. The maximum atomic E-state index is 13.8. The van der Waals surface area contributed by atoms with Crippen molar-refractivity contribution in [3.05, 3.63) is 137 Å². The number of hydrogen-bond donors (Lipinski definition) is 5. The lowest BCUT2D eigenvalue weighted by atomic mass is 9.92. The second-order valence-electron chi connectivity index (χ2n) is 11.8. The number of nitrogens with two attached hydrogens (primary N) is 1. The minimum Gasteiger partial charge on any atom is -0.508 e. The van der Waals surface area contributed by atoms with Crippen molar-refractivity contribution < 1.29 is 24.6 Å². The fourth-order valence-electron chi connectivity index (χ4n) is 5.92. The van der Waals surface area contributed by atoms with E-state index in [0.717, 1.165) is 27.8 Å². The Morgan fingerprint density at radius 3 is 1.89 bits per heavy atom. The van der Waals surface area contributed by atoms with Crippen LogP contribution in [-0.4, -0.2) is 63.6 Å². The number of hydrogen-bond acceptors (Lipinski definition) is 6. The van der Waals surface area contributed by atoms with Crippen LogP contribution in [0.5, 0.6) is 5.75 Å². The first-order valence-corrected chi connectivity index (χ1v) is 15.5. The molecule has 9 nitrogen and oxygen atoms in total. The number of phenols is 1. The van der Waals surface area contributed by atoms with Crippen LogP contribution in [-0.2, 0) is 46.6 Å². The number of rotatable bonds is 13. The normalized spacial score (nSPS) is 16.1. The monoisotopic (exact) mass is 620 g/mol. The molecule has 46 heavy (non-hydrogen) atoms. The Morgan fingerprint density at radius 2 is 1.28 bits per heavy atom. The van der Waals surface area contributed by atoms with Crippen molar-refractivity contribution in [2.45, 2.75) is 56.4 Å². The molecule has 0 fully saturated rings. The van der Waals surface area contributed by atoms with E-state index in [0.29, 0.717) is 32.4 Å². The van der Waals surface area contributed by atoms with Crippen LogP contribution in [0.4, 0.5) is 0 Å². The van der Waals surface area contributed by atoms with Gasteiger partial charge >= 0.3 is 5.97 Å². The molecule has 1 aliphatic rings. The van der Waals surface area contributed by atoms with Gasteiger partial charge in [-0.15, -0.1) is 0 Å². The van der Waals surface area contributed by atoms with E-state index in [-0.39, 0.29) is 24.1 Å². The van der Waals surface area contributed by atoms with Gasteiger partial charge in [-0.05, 0) is 59.2 Å². The fraction of sp³-hybridized carbons (Fsp3) is 0.270. The van der Waals surface area contributed by atoms with Crippen LogP contribution in [0.15, 0.2) is 109 Å². The Labute approximate surface area is 269 Å². The number of nitrogens with zero attached hydrogens (tertiary/aromatic N) is 1. The topological polar surface area (TPSA) is 145 Å². The first-order valence-electron chi connectivity index (χ1n) is 15.5. The maximum Gasteiger partial charge on any atom is 0.326 e. The van der Waals surface area contributed by atoms with Crippen LogP contribution in [0.3, 0.4) is 0 Å². The molecular formula is C37H40N4O5. The van der Waals surface area contributed by atoms with Gasteiger partial charge in [0.2, 0.25) is 11.8 Å². The van der Waals surface area contributed by atoms with Gasteiger partial charge in [-0.1, -0.05) is 97.1 Å². The van der Waals surface area contributed by atoms with Crippen molar-refractivity contribution in [2.75, 3.05) is 6.54 Å². The van der Waals surface area contributed by atoms with Gasteiger partial charge < -0.3 is 31.5 Å². The number of carboxylic acid groups (broad SMARTS) is 1. The number of amides is 2. The van der Waals surface area contributed by atoms with Gasteiger partial charge in [0.15, 0.2) is 0 Å². The Hall–Kier alpha value is -4.99. The Morgan fingerprint density at radius 1 is 0.739 bits per heavy atom. The van der Waals surface area contributed by atoms with Gasteiger partial charge in [0.05, 0.1) is 12.1 Å². The van der Waals surface area contributed by atoms with Crippen molar-refractivity contribution in [1.29, 1.82) is 0 Å². The Balaban J connectivity index is 1.34. The highest BCUT2D eigenvalue weighted by Crippen LogP contribution is 2.24. The molecule has 4 unspecified atom stereocenters. The molecule has 0 aromatic heterocycles. The summed E-state index contributed by atoms with van der Waals surface area (Å²) >= 11 is 0. The molecule has 0 aliphatic carbocycles. The largest absolute Gasteiger partial charge is 0.508 e. The first kappa shape index (κ1) is 32.4. The van der Waals surface area contributed by atoms with Gasteiger partial charge in [0, 0.05) is 25.6 Å². The minimum absolute atomic E-state index is 0.145. The van der Waals surface area contributed by atoms with Gasteiger partial charge in [-0.25, -0.2) is 4.79 Å². The van der Waals surface area contributed by atoms with Crippen molar-refractivity contribution in [2.24, 2.45) is 5.73 Å². The number of carbonyl (C=O) groups excluding carboxylic acids is 2. The smallest absolute Gasteiger partial charge is 0.326 e. The summed E-state index contributed by atoms with van der Waals surface area (Å²) in [4.78, 5) is 41.5. The van der Waals surface area contributed by atoms with Crippen LogP contribution < -0.4 is 16.4 Å². The molecule has 6 N–H and O–H groups in total. The molecule has 4 aromatic rings. The molecule has 4 atom stereocenters. The second kappa shape index (κ2) is 15.3. The number of aliphatic carboxylic acids is 1. The number of carboxylic acids is 1. The summed E-state index contributed by atoms with van der Waals surface area (Å²) in [6.07, 6.45) is 1.38. The van der Waals surface area contributed by atoms with Gasteiger partial charge in [-0.3, -0.25) is 9.59 Å². The molecule has 2 amide bonds. The summed E-state index contributed by atoms with van der Waals surface area (Å²) in [6, 6.07) is 30.4. The molecular weight excluding hydrogens is 580 g/mol. The summed E-state index contributed by atoms with van der Waals surface area (Å²) in [6.45, 7) is 0.686. The number of phenolic OH excluding ortho intramolecular Hbond substituents is 1. The number of nitrogens with one attached hydrogen (secondary N) is 2. The van der Waals surface area contributed by atoms with Crippen LogP contribution in [0.1, 0.15) is 27.8 Å². The van der Waals surface area contributed by atoms with Crippen LogP contribution in [0.25, 0.3) is 0 Å². The zero-order valence-electron chi connectivity index (χ0n) is 25.6. The molecule has 4 aromatic carbocycles. The predicted octanol–water partition coefficient (Wildman–Crippen LogP) is 3.23. The summed E-state index contributed by atoms with van der Waals surface area (Å²) in [5, 5.41) is 25.7. The molecule has 0 saturated heterocycles. The third-order valence-electron chi connectivity index (χ3n) is 8.44. The van der Waals surface area contributed by atoms with E-state index in [1.165, 1.54) is 0 Å². The fourth-order valence-corrected chi connectivity index (χ4v) is 5.92. The quantitative estimate of drug-likeness (QED) is 0.154. The highest BCUT2D eigenvalue weighted by molar-refractivity contribution is 5.87. The molecule has 0 bridgehead atoms. The highest BCUT2D eigenvalue weighted by Gasteiger charge is 2.34. The van der Waals surface area contributed by atoms with Gasteiger partial charge in [-0.2, -0.15) is 0 Å². The van der Waals surface area contributed by atoms with Crippen molar-refractivity contribution in [3.8, 4) is 5.75 Å². The standard InChI is InChI=1S/C37H40N4O5/c38-32(19-27-15-17-31(42)18-16-27)36(44)41-24-29-14-8-7-13-28(29)22-30(41)23-39-33(20-25-9-3-1-4-10-25)35(43)40-34(37(45)46)21-26-11-5-2-6-12-26/h1-18,30,32-34,39,42H,19-24,38H2,(H,40,43)(H,45,46). The van der Waals surface area contributed by atoms with E-state index in [4.69, 9.17) is 5.73 Å². The first-order chi connectivity index (χ1) is 22.3. The second-order valence-corrected chi connectivity index (χ2v) is 11.8. The number of carbonyl (C=O) groups is 3. The zero-order chi connectivity index (χ0) is 32.5. The van der Waals surface area contributed by atoms with Crippen molar-refractivity contribution in [1.82, 2.24) is 15.5 Å². The summed E-state index contributed by atoms with van der Waals surface area (Å²) in [5.74, 6) is -1.59. The predicted molar refractivity (Wildman–Crippen MR) is 176 cm³/mol. The van der Waals surface area contributed by atoms with E-state index >= 15 is 0 Å². The van der Waals surface area contributed by atoms with Gasteiger partial charge in [0.1, 0.15) is 11.8 Å². The summed E-state index contributed by atoms with van der Waals surface area (Å²) in [5.41, 5.74) is 11.2. The van der Waals surface area contributed by atoms with E-state index < -0.39 is 30.0 Å². The molecule has 238 valence electrons. The number of aromatic hydroxyl groups is 1. The van der Waals surface area contributed by atoms with Crippen molar-refractivity contribution >= 4 is 17.8 Å². The number of benzene rings is 4. The van der Waals surface area contributed by atoms with Crippen LogP contribution >= 0.6 is 0 Å². The maximum absolute atomic E-state index is 13.8. The molecule has 9 heteroatoms. The van der Waals surface area contributed by atoms with E-state index in [1.54, 1.807) is 29.2 Å². The number of fused-ring (bicyclic) bond motifs is 1. The molecule has 0 radical (unpaired) electrons. The molecule has 1 heterocycles. The summed E-state index contributed by atoms with van der Waals surface area (Å²) in [7, 11) is 0. The van der Waals surface area contributed by atoms with Crippen LogP contribution in [0, 0.1) is 0 Å². The third-order valence-corrected chi connectivity index (χ3v) is 8.44. The van der Waals surface area contributed by atoms with Crippen LogP contribution in [0.2, 0.25) is 0 Å². The molecule has 1 aliphatic heterocycles. The SMILES string of the molecule is NC(Cc1ccc(O)cc1)C(=O)N1Cc2ccccc2CC1CNC(Cc1ccccc1)C(=O)NC(Cc1ccccc1)C(=O)O. The lowest BCUT2D eigenvalue weighted by Gasteiger charge is -2.39.